The van der Waals surface area contributed by atoms with Crippen molar-refractivity contribution in [3.05, 3.63) is 120 Å². The van der Waals surface area contributed by atoms with Gasteiger partial charge in [0.15, 0.2) is 0 Å². The Morgan fingerprint density at radius 2 is 1.42 bits per heavy atom. The summed E-state index contributed by atoms with van der Waals surface area (Å²) >= 11 is 0. The van der Waals surface area contributed by atoms with Gasteiger partial charge in [-0.3, -0.25) is 0 Å². The van der Waals surface area contributed by atoms with Crippen LogP contribution in [-0.2, 0) is 5.41 Å². The number of ether oxygens (including phenoxy) is 1. The highest BCUT2D eigenvalue weighted by atomic mass is 16.5. The van der Waals surface area contributed by atoms with Gasteiger partial charge in [-0.1, -0.05) is 86.0 Å². The van der Waals surface area contributed by atoms with Crippen LogP contribution in [0, 0.1) is 6.92 Å². The Morgan fingerprint density at radius 3 is 2.16 bits per heavy atom. The molecule has 0 spiro atoms. The fourth-order valence-electron chi connectivity index (χ4n) is 8.90. The standard InChI is InChI=1S/C39H35BN2O/c1-26-23-30-37-32(24-26)40-31-20-19-29(41(27-13-6-4-7-14-27)28-15-8-5-9-16-28)25-35(31)43-34-18-12-17-33(36(34)40)42(37)39(3)22-11-10-21-38(30,39)2/h4-9,12-20,23-25H,10-11,21-22H2,1-3H3. The summed E-state index contributed by atoms with van der Waals surface area (Å²) in [7, 11) is 0. The van der Waals surface area contributed by atoms with Gasteiger partial charge >= 0.3 is 0 Å². The molecule has 3 nitrogen and oxygen atoms in total. The normalized spacial score (nSPS) is 22.2. The molecule has 0 N–H and O–H groups in total. The molecule has 2 atom stereocenters. The molecule has 210 valence electrons. The van der Waals surface area contributed by atoms with Crippen molar-refractivity contribution >= 4 is 51.5 Å². The number of hydrogen-bond acceptors (Lipinski definition) is 3. The molecule has 3 aliphatic heterocycles. The SMILES string of the molecule is Cc1cc2c3c(c1)C1(C)CCCCC1(C)N3c1cccc3c1B2c1ccc(N(c2ccccc2)c2ccccc2)cc1O3. The molecule has 0 radical (unpaired) electrons. The first kappa shape index (κ1) is 25.1. The van der Waals surface area contributed by atoms with Crippen molar-refractivity contribution in [2.75, 3.05) is 9.80 Å². The van der Waals surface area contributed by atoms with Gasteiger partial charge in [0, 0.05) is 39.9 Å². The van der Waals surface area contributed by atoms with Crippen molar-refractivity contribution in [2.24, 2.45) is 0 Å². The van der Waals surface area contributed by atoms with Gasteiger partial charge in [0.2, 0.25) is 0 Å². The monoisotopic (exact) mass is 558 g/mol. The molecule has 43 heavy (non-hydrogen) atoms. The van der Waals surface area contributed by atoms with Crippen LogP contribution in [0.15, 0.2) is 109 Å². The van der Waals surface area contributed by atoms with Crippen LogP contribution in [0.4, 0.5) is 28.4 Å². The van der Waals surface area contributed by atoms with Crippen molar-refractivity contribution in [1.29, 1.82) is 0 Å². The third-order valence-corrected chi connectivity index (χ3v) is 11.1. The van der Waals surface area contributed by atoms with E-state index in [1.54, 1.807) is 5.56 Å². The van der Waals surface area contributed by atoms with E-state index in [2.05, 4.69) is 140 Å². The van der Waals surface area contributed by atoms with E-state index in [0.717, 1.165) is 28.6 Å². The molecule has 4 aliphatic rings. The number of para-hydroxylation sites is 2. The lowest BCUT2D eigenvalue weighted by molar-refractivity contribution is 0.195. The molecule has 0 amide bonds. The summed E-state index contributed by atoms with van der Waals surface area (Å²) in [5, 5.41) is 0. The number of hydrogen-bond donors (Lipinski definition) is 0. The lowest BCUT2D eigenvalue weighted by Gasteiger charge is -2.52. The van der Waals surface area contributed by atoms with E-state index >= 15 is 0 Å². The highest BCUT2D eigenvalue weighted by molar-refractivity contribution is 6.99. The first-order chi connectivity index (χ1) is 21.0. The summed E-state index contributed by atoms with van der Waals surface area (Å²) in [6.45, 7) is 7.49. The summed E-state index contributed by atoms with van der Waals surface area (Å²) < 4.78 is 6.88. The molecule has 1 fully saturated rings. The number of fused-ring (bicyclic) bond motifs is 7. The number of anilines is 5. The molecule has 5 aromatic carbocycles. The summed E-state index contributed by atoms with van der Waals surface area (Å²) in [5.41, 5.74) is 13.2. The van der Waals surface area contributed by atoms with Crippen molar-refractivity contribution in [2.45, 2.75) is 57.4 Å². The first-order valence-electron chi connectivity index (χ1n) is 15.8. The van der Waals surface area contributed by atoms with E-state index in [1.807, 2.05) is 0 Å². The van der Waals surface area contributed by atoms with E-state index in [1.165, 1.54) is 59.0 Å². The van der Waals surface area contributed by atoms with Gasteiger partial charge in [-0.2, -0.15) is 0 Å². The van der Waals surface area contributed by atoms with Gasteiger partial charge in [-0.05, 0) is 91.1 Å². The lowest BCUT2D eigenvalue weighted by Crippen LogP contribution is -2.63. The summed E-state index contributed by atoms with van der Waals surface area (Å²) in [4.78, 5) is 5.05. The Kier molecular flexibility index (Phi) is 5.13. The third kappa shape index (κ3) is 3.27. The Hall–Kier alpha value is -4.44. The zero-order valence-corrected chi connectivity index (χ0v) is 25.1. The number of nitrogens with zero attached hydrogens (tertiary/aromatic N) is 2. The van der Waals surface area contributed by atoms with E-state index < -0.39 is 0 Å². The zero-order chi connectivity index (χ0) is 28.9. The van der Waals surface area contributed by atoms with Crippen LogP contribution < -0.4 is 30.9 Å². The van der Waals surface area contributed by atoms with E-state index in [-0.39, 0.29) is 17.7 Å². The molecule has 2 unspecified atom stereocenters. The van der Waals surface area contributed by atoms with Gasteiger partial charge in [-0.25, -0.2) is 0 Å². The lowest BCUT2D eigenvalue weighted by atomic mass is 9.34. The predicted molar refractivity (Wildman–Crippen MR) is 180 cm³/mol. The van der Waals surface area contributed by atoms with Crippen LogP contribution in [0.2, 0.25) is 0 Å². The second kappa shape index (κ2) is 8.80. The smallest absolute Gasteiger partial charge is 0.256 e. The van der Waals surface area contributed by atoms with Gasteiger partial charge in [0.25, 0.3) is 6.71 Å². The minimum atomic E-state index is 0.0478. The molecule has 0 saturated heterocycles. The van der Waals surface area contributed by atoms with E-state index in [0.29, 0.717) is 0 Å². The minimum absolute atomic E-state index is 0.0478. The van der Waals surface area contributed by atoms with Crippen LogP contribution >= 0.6 is 0 Å². The van der Waals surface area contributed by atoms with Crippen molar-refractivity contribution in [3.8, 4) is 11.5 Å². The molecule has 1 aliphatic carbocycles. The maximum Gasteiger partial charge on any atom is 0.256 e. The number of rotatable bonds is 3. The molecule has 0 aromatic heterocycles. The Bertz CT molecular complexity index is 1880. The van der Waals surface area contributed by atoms with Gasteiger partial charge < -0.3 is 14.5 Å². The Morgan fingerprint density at radius 1 is 0.698 bits per heavy atom. The van der Waals surface area contributed by atoms with Crippen LogP contribution in [0.1, 0.15) is 50.7 Å². The van der Waals surface area contributed by atoms with E-state index in [9.17, 15) is 0 Å². The molecule has 3 heterocycles. The Labute approximate surface area is 254 Å². The number of benzene rings is 5. The predicted octanol–water partition coefficient (Wildman–Crippen LogP) is 8.14. The summed E-state index contributed by atoms with van der Waals surface area (Å²) in [5.74, 6) is 1.93. The number of aryl methyl sites for hydroxylation is 1. The molecule has 5 aromatic rings. The second-order valence-electron chi connectivity index (χ2n) is 13.4. The second-order valence-corrected chi connectivity index (χ2v) is 13.4. The molecule has 4 heteroatoms. The van der Waals surface area contributed by atoms with E-state index in [4.69, 9.17) is 4.74 Å². The largest absolute Gasteiger partial charge is 0.458 e. The molecule has 0 bridgehead atoms. The van der Waals surface area contributed by atoms with Crippen LogP contribution in [-0.4, -0.2) is 12.3 Å². The van der Waals surface area contributed by atoms with Gasteiger partial charge in [0.1, 0.15) is 11.5 Å². The highest BCUT2D eigenvalue weighted by Gasteiger charge is 2.61. The first-order valence-corrected chi connectivity index (χ1v) is 15.8. The van der Waals surface area contributed by atoms with Crippen LogP contribution in [0.25, 0.3) is 0 Å². The third-order valence-electron chi connectivity index (χ3n) is 11.1. The molecule has 1 saturated carbocycles. The highest BCUT2D eigenvalue weighted by Crippen LogP contribution is 2.61. The fourth-order valence-corrected chi connectivity index (χ4v) is 8.90. The summed E-state index contributed by atoms with van der Waals surface area (Å²) in [6, 6.07) is 39.7. The van der Waals surface area contributed by atoms with Crippen molar-refractivity contribution in [3.63, 3.8) is 0 Å². The minimum Gasteiger partial charge on any atom is -0.458 e. The summed E-state index contributed by atoms with van der Waals surface area (Å²) in [6.07, 6.45) is 5.03. The quantitative estimate of drug-likeness (QED) is 0.204. The fraction of sp³-hybridized carbons (Fsp3) is 0.231. The molecular formula is C39H35BN2O. The van der Waals surface area contributed by atoms with Crippen LogP contribution in [0.3, 0.4) is 0 Å². The maximum atomic E-state index is 6.88. The van der Waals surface area contributed by atoms with Crippen molar-refractivity contribution in [1.82, 2.24) is 0 Å². The topological polar surface area (TPSA) is 15.7 Å². The van der Waals surface area contributed by atoms with Crippen LogP contribution in [0.5, 0.6) is 11.5 Å². The average molecular weight is 559 g/mol. The molecule has 9 rings (SSSR count). The van der Waals surface area contributed by atoms with Gasteiger partial charge in [0.05, 0.1) is 5.54 Å². The molecular weight excluding hydrogens is 523 g/mol. The Balaban J connectivity index is 1.26. The zero-order valence-electron chi connectivity index (χ0n) is 25.1. The van der Waals surface area contributed by atoms with Gasteiger partial charge in [-0.15, -0.1) is 0 Å². The average Bonchev–Trinajstić information content (AvgIpc) is 3.24. The van der Waals surface area contributed by atoms with Crippen molar-refractivity contribution < 1.29 is 4.74 Å². The maximum absolute atomic E-state index is 6.88.